The number of carbonyl (C=O) groups is 1. The van der Waals surface area contributed by atoms with Gasteiger partial charge in [-0.05, 0) is 55.3 Å². The fourth-order valence-electron chi connectivity index (χ4n) is 4.54. The molecule has 1 aliphatic rings. The molecule has 1 aliphatic heterocycles. The van der Waals surface area contributed by atoms with Crippen molar-refractivity contribution >= 4 is 16.8 Å². The Balaban J connectivity index is 1.48. The quantitative estimate of drug-likeness (QED) is 0.333. The van der Waals surface area contributed by atoms with E-state index in [9.17, 15) is 13.6 Å². The molecule has 4 aromatic rings. The normalized spacial score (nSPS) is 15.6. The zero-order chi connectivity index (χ0) is 25.2. The summed E-state index contributed by atoms with van der Waals surface area (Å²) in [6, 6.07) is 11.4. The number of halogens is 2. The highest BCUT2D eigenvalue weighted by atomic mass is 19.1. The van der Waals surface area contributed by atoms with E-state index in [1.165, 1.54) is 31.5 Å². The van der Waals surface area contributed by atoms with Gasteiger partial charge in [-0.3, -0.25) is 14.5 Å². The molecule has 0 aliphatic carbocycles. The summed E-state index contributed by atoms with van der Waals surface area (Å²) in [7, 11) is 1.39. The number of fused-ring (bicyclic) bond motifs is 1. The minimum absolute atomic E-state index is 0.0408. The van der Waals surface area contributed by atoms with Crippen molar-refractivity contribution in [3.8, 4) is 28.5 Å². The minimum atomic E-state index is -0.591. The maximum absolute atomic E-state index is 15.0. The van der Waals surface area contributed by atoms with Gasteiger partial charge in [0.25, 0.3) is 0 Å². The van der Waals surface area contributed by atoms with Gasteiger partial charge >= 0.3 is 0 Å². The monoisotopic (exact) mass is 490 g/mol. The van der Waals surface area contributed by atoms with Crippen LogP contribution in [0.25, 0.3) is 22.2 Å². The fourth-order valence-corrected chi connectivity index (χ4v) is 4.54. The molecule has 7 nitrogen and oxygen atoms in total. The van der Waals surface area contributed by atoms with Gasteiger partial charge in [-0.1, -0.05) is 12.6 Å². The fraction of sp³-hybridized carbons (Fsp3) is 0.222. The van der Waals surface area contributed by atoms with Gasteiger partial charge in [-0.2, -0.15) is 9.49 Å². The first-order chi connectivity index (χ1) is 17.5. The van der Waals surface area contributed by atoms with E-state index in [1.807, 2.05) is 0 Å². The molecule has 1 saturated heterocycles. The number of methoxy groups -OCH3 is 1. The van der Waals surface area contributed by atoms with Crippen LogP contribution in [0.4, 0.5) is 8.78 Å². The number of benzene rings is 2. The maximum atomic E-state index is 15.0. The van der Waals surface area contributed by atoms with Crippen molar-refractivity contribution in [1.82, 2.24) is 19.7 Å². The first-order valence-corrected chi connectivity index (χ1v) is 11.5. The third-order valence-corrected chi connectivity index (χ3v) is 6.30. The topological polar surface area (TPSA) is 69.5 Å². The second kappa shape index (κ2) is 9.77. The van der Waals surface area contributed by atoms with Crippen molar-refractivity contribution in [3.05, 3.63) is 79.1 Å². The van der Waals surface area contributed by atoms with Gasteiger partial charge in [-0.25, -0.2) is 4.39 Å². The Kier molecular flexibility index (Phi) is 6.37. The Morgan fingerprint density at radius 3 is 2.67 bits per heavy atom. The van der Waals surface area contributed by atoms with Crippen LogP contribution in [0.5, 0.6) is 17.2 Å². The zero-order valence-corrected chi connectivity index (χ0v) is 19.7. The van der Waals surface area contributed by atoms with Gasteiger partial charge < -0.3 is 14.4 Å². The van der Waals surface area contributed by atoms with Crippen LogP contribution in [0.2, 0.25) is 0 Å². The molecule has 9 heteroatoms. The highest BCUT2D eigenvalue weighted by molar-refractivity contribution is 5.93. The van der Waals surface area contributed by atoms with Crippen LogP contribution >= 0.6 is 0 Å². The number of carbonyl (C=O) groups excluding carboxylic acids is 1. The molecule has 2 aromatic heterocycles. The number of hydrogen-bond donors (Lipinski definition) is 0. The van der Waals surface area contributed by atoms with Gasteiger partial charge in [0.2, 0.25) is 11.7 Å². The molecule has 0 bridgehead atoms. The number of rotatable bonds is 6. The summed E-state index contributed by atoms with van der Waals surface area (Å²) in [5.74, 6) is -0.671. The van der Waals surface area contributed by atoms with E-state index in [-0.39, 0.29) is 23.4 Å². The lowest BCUT2D eigenvalue weighted by Crippen LogP contribution is -2.40. The Morgan fingerprint density at radius 2 is 1.92 bits per heavy atom. The zero-order valence-electron chi connectivity index (χ0n) is 19.7. The second-order valence-corrected chi connectivity index (χ2v) is 8.49. The number of aromatic nitrogens is 3. The molecule has 3 heterocycles. The third kappa shape index (κ3) is 4.28. The van der Waals surface area contributed by atoms with Crippen LogP contribution in [0.15, 0.2) is 67.5 Å². The summed E-state index contributed by atoms with van der Waals surface area (Å²) >= 11 is 0. The van der Waals surface area contributed by atoms with E-state index < -0.39 is 11.6 Å². The Morgan fingerprint density at radius 1 is 1.14 bits per heavy atom. The maximum Gasteiger partial charge on any atom is 0.246 e. The number of ether oxygens (including phenoxy) is 2. The Bertz CT molecular complexity index is 1440. The van der Waals surface area contributed by atoms with Crippen molar-refractivity contribution in [1.29, 1.82) is 0 Å². The van der Waals surface area contributed by atoms with Gasteiger partial charge in [0, 0.05) is 30.2 Å². The minimum Gasteiger partial charge on any atom is -0.494 e. The van der Waals surface area contributed by atoms with E-state index in [1.54, 1.807) is 46.1 Å². The van der Waals surface area contributed by atoms with Crippen LogP contribution < -0.4 is 9.47 Å². The molecular weight excluding hydrogens is 466 g/mol. The molecule has 36 heavy (non-hydrogen) atoms. The second-order valence-electron chi connectivity index (χ2n) is 8.49. The molecular formula is C27H24F2N4O3. The predicted molar refractivity (Wildman–Crippen MR) is 131 cm³/mol. The van der Waals surface area contributed by atoms with Gasteiger partial charge in [0.1, 0.15) is 17.0 Å². The van der Waals surface area contributed by atoms with Crippen LogP contribution in [0, 0.1) is 11.6 Å². The lowest BCUT2D eigenvalue weighted by atomic mass is 10.1. The molecule has 5 rings (SSSR count). The number of hydrogen-bond acceptors (Lipinski definition) is 5. The first-order valence-electron chi connectivity index (χ1n) is 11.5. The summed E-state index contributed by atoms with van der Waals surface area (Å²) in [5.41, 5.74) is 1.62. The Labute approximate surface area is 206 Å². The molecule has 0 spiro atoms. The number of nitrogens with zero attached hydrogens (tertiary/aromatic N) is 4. The highest BCUT2D eigenvalue weighted by Gasteiger charge is 2.28. The largest absolute Gasteiger partial charge is 0.494 e. The predicted octanol–water partition coefficient (Wildman–Crippen LogP) is 5.53. The number of likely N-dealkylation sites (tertiary alicyclic amines) is 1. The van der Waals surface area contributed by atoms with Crippen LogP contribution in [-0.2, 0) is 4.79 Å². The molecule has 0 radical (unpaired) electrons. The number of amides is 1. The van der Waals surface area contributed by atoms with Crippen molar-refractivity contribution in [2.24, 2.45) is 0 Å². The van der Waals surface area contributed by atoms with E-state index in [0.717, 1.165) is 18.4 Å². The standard InChI is InChI=1S/C27H24F2N4O3/c1-3-24(34)32-13-5-6-18(16-32)33-27-20(14-30-15-21(27)28)26(31-33)17-9-11-19(12-10-17)36-23-8-4-7-22(35-2)25(23)29/h3-4,7-12,14-15,18H,1,5-6,13,16H2,2H3. The molecule has 1 unspecified atom stereocenters. The summed E-state index contributed by atoms with van der Waals surface area (Å²) in [5, 5.41) is 5.33. The highest BCUT2D eigenvalue weighted by Crippen LogP contribution is 2.35. The summed E-state index contributed by atoms with van der Waals surface area (Å²) in [6.07, 6.45) is 5.58. The van der Waals surface area contributed by atoms with Crippen molar-refractivity contribution in [3.63, 3.8) is 0 Å². The first kappa shape index (κ1) is 23.5. The molecule has 0 N–H and O–H groups in total. The summed E-state index contributed by atoms with van der Waals surface area (Å²) in [4.78, 5) is 17.9. The third-order valence-electron chi connectivity index (χ3n) is 6.30. The summed E-state index contributed by atoms with van der Waals surface area (Å²) in [6.45, 7) is 4.62. The lowest BCUT2D eigenvalue weighted by molar-refractivity contribution is -0.127. The van der Waals surface area contributed by atoms with Crippen LogP contribution in [0.1, 0.15) is 18.9 Å². The van der Waals surface area contributed by atoms with Crippen molar-refractivity contribution in [2.45, 2.75) is 18.9 Å². The molecule has 2 aromatic carbocycles. The van der Waals surface area contributed by atoms with E-state index in [2.05, 4.69) is 11.6 Å². The lowest BCUT2D eigenvalue weighted by Gasteiger charge is -2.32. The number of pyridine rings is 1. The molecule has 1 fully saturated rings. The molecule has 0 saturated carbocycles. The number of piperidine rings is 1. The molecule has 1 amide bonds. The van der Waals surface area contributed by atoms with Gasteiger partial charge in [0.15, 0.2) is 17.3 Å². The molecule has 1 atom stereocenters. The summed E-state index contributed by atoms with van der Waals surface area (Å²) < 4.78 is 41.8. The van der Waals surface area contributed by atoms with Crippen molar-refractivity contribution < 1.29 is 23.0 Å². The SMILES string of the molecule is C=CC(=O)N1CCCC(n2nc(-c3ccc(Oc4cccc(OC)c4F)cc3)c3cncc(F)c32)C1. The average molecular weight is 491 g/mol. The van der Waals surface area contributed by atoms with Gasteiger partial charge in [-0.15, -0.1) is 0 Å². The van der Waals surface area contributed by atoms with E-state index in [0.29, 0.717) is 35.4 Å². The van der Waals surface area contributed by atoms with Crippen molar-refractivity contribution in [2.75, 3.05) is 20.2 Å². The van der Waals surface area contributed by atoms with Crippen LogP contribution in [0.3, 0.4) is 0 Å². The van der Waals surface area contributed by atoms with E-state index >= 15 is 0 Å². The average Bonchev–Trinajstić information content (AvgIpc) is 3.31. The van der Waals surface area contributed by atoms with Crippen LogP contribution in [-0.4, -0.2) is 45.8 Å². The van der Waals surface area contributed by atoms with Gasteiger partial charge in [0.05, 0.1) is 19.3 Å². The Hall–Kier alpha value is -4.27. The smallest absolute Gasteiger partial charge is 0.246 e. The van der Waals surface area contributed by atoms with E-state index in [4.69, 9.17) is 14.6 Å². The molecule has 184 valence electrons.